The molecule has 3 rings (SSSR count). The molecule has 1 aromatic carbocycles. The summed E-state index contributed by atoms with van der Waals surface area (Å²) in [5, 5.41) is 3.41. The average molecular weight is 341 g/mol. The molecule has 0 unspecified atom stereocenters. The summed E-state index contributed by atoms with van der Waals surface area (Å²) in [5.74, 6) is 0.815. The van der Waals surface area contributed by atoms with Crippen molar-refractivity contribution in [3.8, 4) is 0 Å². The molecule has 1 N–H and O–H groups in total. The van der Waals surface area contributed by atoms with Crippen LogP contribution < -0.4 is 5.32 Å². The molecule has 2 aliphatic heterocycles. The normalized spacial score (nSPS) is 20.9. The number of rotatable bonds is 4. The van der Waals surface area contributed by atoms with Crippen LogP contribution in [0.1, 0.15) is 36.0 Å². The molecule has 0 amide bonds. The van der Waals surface area contributed by atoms with Gasteiger partial charge in [-0.25, -0.2) is 4.39 Å². The second kappa shape index (κ2) is 8.76. The summed E-state index contributed by atoms with van der Waals surface area (Å²) < 4.78 is 12.9. The van der Waals surface area contributed by atoms with Gasteiger partial charge in [-0.05, 0) is 82.0 Å². The fourth-order valence-electron chi connectivity index (χ4n) is 3.66. The van der Waals surface area contributed by atoms with Crippen molar-refractivity contribution >= 4 is 18.2 Å². The van der Waals surface area contributed by atoms with Gasteiger partial charge in [-0.2, -0.15) is 0 Å². The van der Waals surface area contributed by atoms with E-state index in [1.54, 1.807) is 12.1 Å². The molecule has 2 heterocycles. The average Bonchev–Trinajstić information content (AvgIpc) is 2.57. The van der Waals surface area contributed by atoms with E-state index in [1.807, 2.05) is 0 Å². The largest absolute Gasteiger partial charge is 0.317 e. The van der Waals surface area contributed by atoms with Crippen molar-refractivity contribution in [2.24, 2.45) is 11.8 Å². The van der Waals surface area contributed by atoms with Crippen LogP contribution in [0.5, 0.6) is 0 Å². The van der Waals surface area contributed by atoms with Gasteiger partial charge in [0.25, 0.3) is 0 Å². The van der Waals surface area contributed by atoms with E-state index in [9.17, 15) is 9.18 Å². The Morgan fingerprint density at radius 3 is 2.30 bits per heavy atom. The van der Waals surface area contributed by atoms with E-state index < -0.39 is 0 Å². The molecule has 0 radical (unpaired) electrons. The van der Waals surface area contributed by atoms with E-state index in [0.29, 0.717) is 5.56 Å². The summed E-state index contributed by atoms with van der Waals surface area (Å²) in [6, 6.07) is 5.97. The van der Waals surface area contributed by atoms with E-state index in [1.165, 1.54) is 31.5 Å². The molecule has 2 aliphatic rings. The van der Waals surface area contributed by atoms with Gasteiger partial charge >= 0.3 is 0 Å². The lowest BCUT2D eigenvalue weighted by molar-refractivity contribution is 0.0819. The Morgan fingerprint density at radius 1 is 1.09 bits per heavy atom. The van der Waals surface area contributed by atoms with Gasteiger partial charge in [-0.15, -0.1) is 12.4 Å². The van der Waals surface area contributed by atoms with Crippen LogP contribution in [0.3, 0.4) is 0 Å². The predicted octanol–water partition coefficient (Wildman–Crippen LogP) is 3.14. The topological polar surface area (TPSA) is 32.3 Å². The maximum absolute atomic E-state index is 12.9. The van der Waals surface area contributed by atoms with Gasteiger partial charge in [0.2, 0.25) is 0 Å². The second-order valence-electron chi connectivity index (χ2n) is 6.64. The molecule has 23 heavy (non-hydrogen) atoms. The molecule has 5 heteroatoms. The molecule has 128 valence electrons. The van der Waals surface area contributed by atoms with Gasteiger partial charge in [-0.1, -0.05) is 0 Å². The minimum absolute atomic E-state index is 0. The van der Waals surface area contributed by atoms with Gasteiger partial charge in [0, 0.05) is 18.0 Å². The number of benzene rings is 1. The molecule has 2 saturated heterocycles. The number of carbonyl (C=O) groups excluding carboxylic acids is 1. The van der Waals surface area contributed by atoms with E-state index in [4.69, 9.17) is 0 Å². The lowest BCUT2D eigenvalue weighted by atomic mass is 9.88. The Kier molecular flexibility index (Phi) is 7.00. The SMILES string of the molecule is Cl.O=C(c1ccc(F)cc1)C1CCN(CC2CCNCC2)CC1. The lowest BCUT2D eigenvalue weighted by Crippen LogP contribution is -2.41. The Hall–Kier alpha value is -0.970. The highest BCUT2D eigenvalue weighted by atomic mass is 35.5. The number of Topliss-reactive ketones (excluding diaryl/α,β-unsaturated/α-hetero) is 1. The molecule has 0 spiro atoms. The monoisotopic (exact) mass is 340 g/mol. The first-order valence-corrected chi connectivity index (χ1v) is 8.45. The first-order chi connectivity index (χ1) is 10.7. The van der Waals surface area contributed by atoms with Crippen LogP contribution in [0, 0.1) is 17.7 Å². The van der Waals surface area contributed by atoms with Crippen molar-refractivity contribution in [1.29, 1.82) is 0 Å². The quantitative estimate of drug-likeness (QED) is 0.855. The van der Waals surface area contributed by atoms with E-state index in [0.717, 1.165) is 44.9 Å². The molecule has 2 fully saturated rings. The van der Waals surface area contributed by atoms with Gasteiger partial charge < -0.3 is 10.2 Å². The number of nitrogens with zero attached hydrogens (tertiary/aromatic N) is 1. The van der Waals surface area contributed by atoms with E-state index in [2.05, 4.69) is 10.2 Å². The molecule has 3 nitrogen and oxygen atoms in total. The molecule has 1 aromatic rings. The van der Waals surface area contributed by atoms with Crippen molar-refractivity contribution in [2.75, 3.05) is 32.7 Å². The van der Waals surface area contributed by atoms with Crippen LogP contribution in [0.25, 0.3) is 0 Å². The second-order valence-corrected chi connectivity index (χ2v) is 6.64. The van der Waals surface area contributed by atoms with Gasteiger partial charge in [0.05, 0.1) is 0 Å². The number of halogens is 2. The first-order valence-electron chi connectivity index (χ1n) is 8.45. The Balaban J connectivity index is 0.00000192. The number of likely N-dealkylation sites (tertiary alicyclic amines) is 1. The van der Waals surface area contributed by atoms with Crippen LogP contribution in [-0.2, 0) is 0 Å². The zero-order valence-electron chi connectivity index (χ0n) is 13.5. The summed E-state index contributed by atoms with van der Waals surface area (Å²) in [5.41, 5.74) is 0.651. The predicted molar refractivity (Wildman–Crippen MR) is 92.7 cm³/mol. The van der Waals surface area contributed by atoms with Gasteiger partial charge in [-0.3, -0.25) is 4.79 Å². The number of ketones is 1. The smallest absolute Gasteiger partial charge is 0.166 e. The van der Waals surface area contributed by atoms with E-state index >= 15 is 0 Å². The summed E-state index contributed by atoms with van der Waals surface area (Å²) in [6.45, 7) is 5.50. The molecular formula is C18H26ClFN2O. The van der Waals surface area contributed by atoms with Crippen LogP contribution in [-0.4, -0.2) is 43.4 Å². The number of hydrogen-bond donors (Lipinski definition) is 1. The summed E-state index contributed by atoms with van der Waals surface area (Å²) in [7, 11) is 0. The summed E-state index contributed by atoms with van der Waals surface area (Å²) in [6.07, 6.45) is 4.41. The number of carbonyl (C=O) groups is 1. The minimum atomic E-state index is -0.284. The molecule has 0 saturated carbocycles. The Labute approximate surface area is 144 Å². The maximum Gasteiger partial charge on any atom is 0.166 e. The van der Waals surface area contributed by atoms with Gasteiger partial charge in [0.1, 0.15) is 5.82 Å². The Morgan fingerprint density at radius 2 is 1.70 bits per heavy atom. The summed E-state index contributed by atoms with van der Waals surface area (Å²) >= 11 is 0. The zero-order valence-corrected chi connectivity index (χ0v) is 14.3. The van der Waals surface area contributed by atoms with Crippen molar-refractivity contribution in [3.63, 3.8) is 0 Å². The minimum Gasteiger partial charge on any atom is -0.317 e. The third-order valence-corrected chi connectivity index (χ3v) is 5.06. The maximum atomic E-state index is 12.9. The molecular weight excluding hydrogens is 315 g/mol. The highest BCUT2D eigenvalue weighted by Crippen LogP contribution is 2.24. The van der Waals surface area contributed by atoms with Crippen LogP contribution in [0.2, 0.25) is 0 Å². The van der Waals surface area contributed by atoms with Crippen LogP contribution in [0.4, 0.5) is 4.39 Å². The zero-order chi connectivity index (χ0) is 15.4. The fraction of sp³-hybridized carbons (Fsp3) is 0.611. The molecule has 0 aromatic heterocycles. The molecule has 0 aliphatic carbocycles. The summed E-state index contributed by atoms with van der Waals surface area (Å²) in [4.78, 5) is 15.0. The first kappa shape index (κ1) is 18.4. The van der Waals surface area contributed by atoms with E-state index in [-0.39, 0.29) is 29.9 Å². The fourth-order valence-corrected chi connectivity index (χ4v) is 3.66. The van der Waals surface area contributed by atoms with Crippen molar-refractivity contribution in [3.05, 3.63) is 35.6 Å². The van der Waals surface area contributed by atoms with Crippen LogP contribution in [0.15, 0.2) is 24.3 Å². The molecule has 0 bridgehead atoms. The Bertz CT molecular complexity index is 494. The van der Waals surface area contributed by atoms with Gasteiger partial charge in [0.15, 0.2) is 5.78 Å². The van der Waals surface area contributed by atoms with Crippen LogP contribution >= 0.6 is 12.4 Å². The third-order valence-electron chi connectivity index (χ3n) is 5.06. The highest BCUT2D eigenvalue weighted by Gasteiger charge is 2.27. The van der Waals surface area contributed by atoms with Crippen molar-refractivity contribution in [1.82, 2.24) is 10.2 Å². The van der Waals surface area contributed by atoms with Crippen molar-refractivity contribution < 1.29 is 9.18 Å². The number of nitrogens with one attached hydrogen (secondary N) is 1. The molecule has 0 atom stereocenters. The number of piperidine rings is 2. The van der Waals surface area contributed by atoms with Crippen molar-refractivity contribution in [2.45, 2.75) is 25.7 Å². The highest BCUT2D eigenvalue weighted by molar-refractivity contribution is 5.97. The number of hydrogen-bond acceptors (Lipinski definition) is 3. The lowest BCUT2D eigenvalue weighted by Gasteiger charge is -2.35. The standard InChI is InChI=1S/C18H25FN2O.ClH/c19-17-3-1-15(2-4-17)18(22)16-7-11-21(12-8-16)13-14-5-9-20-10-6-14;/h1-4,14,16,20H,5-13H2;1H. The third kappa shape index (κ3) is 5.00.